The topological polar surface area (TPSA) is 84.0 Å². The molecule has 2 amide bonds. The Morgan fingerprint density at radius 1 is 1.07 bits per heavy atom. The van der Waals surface area contributed by atoms with Crippen LogP contribution in [0.4, 0.5) is 5.69 Å². The number of nitrogens with zero attached hydrogens (tertiary/aromatic N) is 2. The first-order valence-electron chi connectivity index (χ1n) is 8.70. The fourth-order valence-corrected chi connectivity index (χ4v) is 3.96. The summed E-state index contributed by atoms with van der Waals surface area (Å²) in [6, 6.07) is 11.2. The Hall–Kier alpha value is -2.71. The lowest BCUT2D eigenvalue weighted by Gasteiger charge is -2.07. The lowest BCUT2D eigenvalue weighted by Crippen LogP contribution is -2.27. The van der Waals surface area contributed by atoms with E-state index in [1.807, 2.05) is 49.6 Å². The van der Waals surface area contributed by atoms with Gasteiger partial charge in [0.1, 0.15) is 0 Å². The van der Waals surface area contributed by atoms with Crippen molar-refractivity contribution in [3.8, 4) is 0 Å². The Bertz CT molecular complexity index is 937. The van der Waals surface area contributed by atoms with Crippen LogP contribution in [0.25, 0.3) is 0 Å². The molecule has 0 aliphatic rings. The van der Waals surface area contributed by atoms with Gasteiger partial charge in [-0.3, -0.25) is 9.59 Å². The van der Waals surface area contributed by atoms with Gasteiger partial charge in [-0.25, -0.2) is 9.97 Å². The highest BCUT2D eigenvalue weighted by atomic mass is 32.2. The lowest BCUT2D eigenvalue weighted by atomic mass is 10.3. The summed E-state index contributed by atoms with van der Waals surface area (Å²) < 4.78 is 0. The van der Waals surface area contributed by atoms with E-state index in [4.69, 9.17) is 0 Å². The minimum absolute atomic E-state index is 0.149. The maximum absolute atomic E-state index is 12.0. The number of carbonyl (C=O) groups is 2. The van der Waals surface area contributed by atoms with Crippen LogP contribution >= 0.6 is 23.1 Å². The van der Waals surface area contributed by atoms with Crippen LogP contribution in [0.2, 0.25) is 0 Å². The fraction of sp³-hybridized carbons (Fsp3) is 0.200. The molecule has 3 rings (SSSR count). The maximum Gasteiger partial charge on any atom is 0.252 e. The van der Waals surface area contributed by atoms with Crippen molar-refractivity contribution in [2.24, 2.45) is 0 Å². The zero-order chi connectivity index (χ0) is 19.9. The van der Waals surface area contributed by atoms with Crippen molar-refractivity contribution >= 4 is 40.6 Å². The highest BCUT2D eigenvalue weighted by Gasteiger charge is 2.08. The Kier molecular flexibility index (Phi) is 6.78. The fourth-order valence-electron chi connectivity index (χ4n) is 2.46. The van der Waals surface area contributed by atoms with Gasteiger partial charge >= 0.3 is 0 Å². The predicted octanol–water partition coefficient (Wildman–Crippen LogP) is 4.06. The monoisotopic (exact) mass is 412 g/mol. The molecule has 28 heavy (non-hydrogen) atoms. The Balaban J connectivity index is 1.47. The predicted molar refractivity (Wildman–Crippen MR) is 112 cm³/mol. The van der Waals surface area contributed by atoms with Crippen LogP contribution in [0.3, 0.4) is 0 Å². The molecule has 3 aromatic rings. The van der Waals surface area contributed by atoms with Crippen LogP contribution in [0, 0.1) is 13.8 Å². The molecule has 0 spiro atoms. The van der Waals surface area contributed by atoms with E-state index in [9.17, 15) is 9.59 Å². The second-order valence-electron chi connectivity index (χ2n) is 6.13. The molecule has 0 aliphatic carbocycles. The largest absolute Gasteiger partial charge is 0.351 e. The first-order chi connectivity index (χ1) is 13.5. The molecule has 8 heteroatoms. The summed E-state index contributed by atoms with van der Waals surface area (Å²) in [6.07, 6.45) is 0.211. The van der Waals surface area contributed by atoms with E-state index in [0.717, 1.165) is 16.3 Å². The number of amides is 2. The summed E-state index contributed by atoms with van der Waals surface area (Å²) in [5.74, 6) is -0.312. The third kappa shape index (κ3) is 5.90. The minimum Gasteiger partial charge on any atom is -0.351 e. The quantitative estimate of drug-likeness (QED) is 0.572. The van der Waals surface area contributed by atoms with E-state index in [1.54, 1.807) is 11.4 Å². The third-order valence-electron chi connectivity index (χ3n) is 3.73. The van der Waals surface area contributed by atoms with Gasteiger partial charge in [-0.2, -0.15) is 11.3 Å². The maximum atomic E-state index is 12.0. The summed E-state index contributed by atoms with van der Waals surface area (Å²) in [5.41, 5.74) is 3.20. The van der Waals surface area contributed by atoms with Crippen molar-refractivity contribution in [2.75, 3.05) is 11.9 Å². The number of benzene rings is 1. The number of aryl methyl sites for hydroxylation is 2. The van der Waals surface area contributed by atoms with Crippen molar-refractivity contribution in [2.45, 2.75) is 30.3 Å². The Labute approximate surface area is 171 Å². The number of anilines is 1. The van der Waals surface area contributed by atoms with Gasteiger partial charge in [0.2, 0.25) is 5.91 Å². The molecule has 0 aliphatic heterocycles. The Morgan fingerprint density at radius 2 is 1.79 bits per heavy atom. The molecule has 0 atom stereocenters. The molecule has 0 saturated heterocycles. The summed E-state index contributed by atoms with van der Waals surface area (Å²) in [7, 11) is 0. The third-order valence-corrected chi connectivity index (χ3v) is 5.29. The average molecular weight is 413 g/mol. The molecule has 0 bridgehead atoms. The van der Waals surface area contributed by atoms with E-state index in [1.165, 1.54) is 23.1 Å². The molecule has 0 fully saturated rings. The van der Waals surface area contributed by atoms with Crippen molar-refractivity contribution in [1.29, 1.82) is 0 Å². The SMILES string of the molecule is Cc1cc(C)nc(Sc2ccc(NC(=O)CCNC(=O)c3ccsc3)cc2)n1. The summed E-state index contributed by atoms with van der Waals surface area (Å²) in [6.45, 7) is 4.18. The van der Waals surface area contributed by atoms with Crippen molar-refractivity contribution in [1.82, 2.24) is 15.3 Å². The smallest absolute Gasteiger partial charge is 0.252 e. The molecule has 2 aromatic heterocycles. The van der Waals surface area contributed by atoms with E-state index >= 15 is 0 Å². The van der Waals surface area contributed by atoms with Gasteiger partial charge in [0, 0.05) is 45.9 Å². The number of carbonyl (C=O) groups excluding carboxylic acids is 2. The zero-order valence-corrected chi connectivity index (χ0v) is 17.2. The first kappa shape index (κ1) is 20.0. The first-order valence-corrected chi connectivity index (χ1v) is 10.5. The van der Waals surface area contributed by atoms with Crippen LogP contribution in [0.5, 0.6) is 0 Å². The van der Waals surface area contributed by atoms with Gasteiger partial charge in [-0.15, -0.1) is 0 Å². The molecular formula is C20H20N4O2S2. The highest BCUT2D eigenvalue weighted by molar-refractivity contribution is 7.99. The summed E-state index contributed by atoms with van der Waals surface area (Å²) >= 11 is 2.94. The molecule has 144 valence electrons. The molecule has 6 nitrogen and oxygen atoms in total. The van der Waals surface area contributed by atoms with Crippen molar-refractivity contribution in [3.63, 3.8) is 0 Å². The van der Waals surface area contributed by atoms with Gasteiger partial charge in [0.05, 0.1) is 0 Å². The normalized spacial score (nSPS) is 10.5. The number of aromatic nitrogens is 2. The van der Waals surface area contributed by atoms with E-state index < -0.39 is 0 Å². The minimum atomic E-state index is -0.163. The number of hydrogen-bond donors (Lipinski definition) is 2. The van der Waals surface area contributed by atoms with E-state index in [2.05, 4.69) is 20.6 Å². The summed E-state index contributed by atoms with van der Waals surface area (Å²) in [5, 5.41) is 9.89. The lowest BCUT2D eigenvalue weighted by molar-refractivity contribution is -0.116. The number of nitrogens with one attached hydrogen (secondary N) is 2. The zero-order valence-electron chi connectivity index (χ0n) is 15.6. The van der Waals surface area contributed by atoms with Crippen LogP contribution in [-0.2, 0) is 4.79 Å². The molecule has 1 aromatic carbocycles. The second kappa shape index (κ2) is 9.48. The Morgan fingerprint density at radius 3 is 2.43 bits per heavy atom. The number of rotatable bonds is 7. The molecule has 0 unspecified atom stereocenters. The molecule has 0 radical (unpaired) electrons. The standard InChI is InChI=1S/C20H20N4O2S2/c1-13-11-14(2)23-20(22-13)28-17-5-3-16(4-6-17)24-18(25)7-9-21-19(26)15-8-10-27-12-15/h3-6,8,10-12H,7,9H2,1-2H3,(H,21,26)(H,24,25). The van der Waals surface area contributed by atoms with Gasteiger partial charge < -0.3 is 10.6 Å². The highest BCUT2D eigenvalue weighted by Crippen LogP contribution is 2.26. The van der Waals surface area contributed by atoms with Crippen LogP contribution in [-0.4, -0.2) is 28.3 Å². The van der Waals surface area contributed by atoms with Crippen LogP contribution in [0.1, 0.15) is 28.2 Å². The van der Waals surface area contributed by atoms with E-state index in [0.29, 0.717) is 23.0 Å². The summed E-state index contributed by atoms with van der Waals surface area (Å²) in [4.78, 5) is 33.7. The van der Waals surface area contributed by atoms with Gasteiger partial charge in [0.15, 0.2) is 5.16 Å². The average Bonchev–Trinajstić information content (AvgIpc) is 3.17. The molecule has 2 N–H and O–H groups in total. The van der Waals surface area contributed by atoms with Crippen molar-refractivity contribution in [3.05, 3.63) is 64.1 Å². The molecule has 2 heterocycles. The van der Waals surface area contributed by atoms with Crippen molar-refractivity contribution < 1.29 is 9.59 Å². The van der Waals surface area contributed by atoms with Gasteiger partial charge in [-0.05, 0) is 67.4 Å². The molecular weight excluding hydrogens is 392 g/mol. The van der Waals surface area contributed by atoms with Crippen LogP contribution < -0.4 is 10.6 Å². The van der Waals surface area contributed by atoms with Crippen LogP contribution in [0.15, 0.2) is 57.2 Å². The second-order valence-corrected chi connectivity index (χ2v) is 7.95. The molecule has 0 saturated carbocycles. The van der Waals surface area contributed by atoms with E-state index in [-0.39, 0.29) is 18.2 Å². The number of thiophene rings is 1. The van der Waals surface area contributed by atoms with Gasteiger partial charge in [-0.1, -0.05) is 0 Å². The number of hydrogen-bond acceptors (Lipinski definition) is 6. The van der Waals surface area contributed by atoms with Gasteiger partial charge in [0.25, 0.3) is 5.91 Å².